The van der Waals surface area contributed by atoms with E-state index >= 15 is 0 Å². The molecule has 1 unspecified atom stereocenters. The van der Waals surface area contributed by atoms with E-state index in [1.807, 2.05) is 30.3 Å². The van der Waals surface area contributed by atoms with Gasteiger partial charge >= 0.3 is 5.69 Å². The van der Waals surface area contributed by atoms with Crippen molar-refractivity contribution in [2.45, 2.75) is 26.4 Å². The van der Waals surface area contributed by atoms with Gasteiger partial charge in [0, 0.05) is 18.8 Å². The first-order valence-corrected chi connectivity index (χ1v) is 8.40. The molecular weight excluding hydrogens is 320 g/mol. The number of rotatable bonds is 8. The van der Waals surface area contributed by atoms with Gasteiger partial charge in [-0.25, -0.2) is 4.79 Å². The van der Waals surface area contributed by atoms with Gasteiger partial charge in [0.25, 0.3) is 5.56 Å². The lowest BCUT2D eigenvalue weighted by Gasteiger charge is -2.30. The molecule has 0 aliphatic carbocycles. The zero-order valence-corrected chi connectivity index (χ0v) is 14.6. The van der Waals surface area contributed by atoms with Crippen LogP contribution < -0.4 is 16.6 Å². The van der Waals surface area contributed by atoms with Crippen molar-refractivity contribution in [3.8, 4) is 0 Å². The zero-order chi connectivity index (χ0) is 18.2. The number of carbonyl (C=O) groups is 1. The van der Waals surface area contributed by atoms with Gasteiger partial charge < -0.3 is 5.32 Å². The van der Waals surface area contributed by atoms with Crippen LogP contribution in [0.15, 0.2) is 52.2 Å². The van der Waals surface area contributed by atoms with Crippen LogP contribution >= 0.6 is 0 Å². The Kier molecular flexibility index (Phi) is 6.71. The minimum Gasteiger partial charge on any atom is -0.353 e. The summed E-state index contributed by atoms with van der Waals surface area (Å²) in [4.78, 5) is 39.3. The van der Waals surface area contributed by atoms with E-state index < -0.39 is 11.2 Å². The molecule has 0 saturated heterocycles. The highest BCUT2D eigenvalue weighted by atomic mass is 16.2. The second-order valence-electron chi connectivity index (χ2n) is 5.69. The maximum absolute atomic E-state index is 12.2. The van der Waals surface area contributed by atoms with Crippen LogP contribution in [0.2, 0.25) is 0 Å². The summed E-state index contributed by atoms with van der Waals surface area (Å²) < 4.78 is 1.17. The molecular formula is C18H24N4O3. The van der Waals surface area contributed by atoms with Gasteiger partial charge in [-0.3, -0.25) is 24.0 Å². The number of nitrogens with zero attached hydrogens (tertiary/aromatic N) is 2. The SMILES string of the molecule is CCN(CC)C(CNC(=O)Cn1ccc(=O)[nH]c1=O)c1ccccc1. The Morgan fingerprint density at radius 1 is 1.16 bits per heavy atom. The zero-order valence-electron chi connectivity index (χ0n) is 14.6. The molecule has 0 aliphatic rings. The van der Waals surface area contributed by atoms with Crippen molar-refractivity contribution in [3.05, 3.63) is 69.0 Å². The van der Waals surface area contributed by atoms with Crippen LogP contribution in [-0.2, 0) is 11.3 Å². The van der Waals surface area contributed by atoms with Crippen molar-refractivity contribution < 1.29 is 4.79 Å². The van der Waals surface area contributed by atoms with Crippen molar-refractivity contribution in [2.24, 2.45) is 0 Å². The third-order valence-corrected chi connectivity index (χ3v) is 4.14. The van der Waals surface area contributed by atoms with Crippen molar-refractivity contribution >= 4 is 5.91 Å². The third-order valence-electron chi connectivity index (χ3n) is 4.14. The van der Waals surface area contributed by atoms with Gasteiger partial charge in [0.15, 0.2) is 0 Å². The summed E-state index contributed by atoms with van der Waals surface area (Å²) in [7, 11) is 0. The lowest BCUT2D eigenvalue weighted by Crippen LogP contribution is -2.40. The molecule has 1 aromatic carbocycles. The summed E-state index contributed by atoms with van der Waals surface area (Å²) in [5, 5.41) is 2.89. The number of likely N-dealkylation sites (N-methyl/N-ethyl adjacent to an activating group) is 1. The fraction of sp³-hybridized carbons (Fsp3) is 0.389. The van der Waals surface area contributed by atoms with Crippen molar-refractivity contribution in [2.75, 3.05) is 19.6 Å². The van der Waals surface area contributed by atoms with E-state index in [4.69, 9.17) is 0 Å². The highest BCUT2D eigenvalue weighted by Crippen LogP contribution is 2.19. The van der Waals surface area contributed by atoms with E-state index in [0.717, 1.165) is 18.7 Å². The molecule has 7 heteroatoms. The average molecular weight is 344 g/mol. The summed E-state index contributed by atoms with van der Waals surface area (Å²) in [5.41, 5.74) is 0.0612. The molecule has 7 nitrogen and oxygen atoms in total. The lowest BCUT2D eigenvalue weighted by atomic mass is 10.1. The summed E-state index contributed by atoms with van der Waals surface area (Å²) >= 11 is 0. The highest BCUT2D eigenvalue weighted by molar-refractivity contribution is 5.75. The van der Waals surface area contributed by atoms with Gasteiger partial charge in [0.05, 0.1) is 6.04 Å². The molecule has 134 valence electrons. The number of hydrogen-bond donors (Lipinski definition) is 2. The van der Waals surface area contributed by atoms with E-state index in [9.17, 15) is 14.4 Å². The maximum Gasteiger partial charge on any atom is 0.328 e. The van der Waals surface area contributed by atoms with Crippen LogP contribution in [0.3, 0.4) is 0 Å². The fourth-order valence-corrected chi connectivity index (χ4v) is 2.79. The van der Waals surface area contributed by atoms with Gasteiger partial charge in [0.1, 0.15) is 6.54 Å². The van der Waals surface area contributed by atoms with Gasteiger partial charge in [0.2, 0.25) is 5.91 Å². The predicted molar refractivity (Wildman–Crippen MR) is 96.4 cm³/mol. The quantitative estimate of drug-likeness (QED) is 0.739. The van der Waals surface area contributed by atoms with E-state index in [1.165, 1.54) is 16.8 Å². The van der Waals surface area contributed by atoms with Crippen LogP contribution in [0.1, 0.15) is 25.5 Å². The molecule has 1 heterocycles. The first-order chi connectivity index (χ1) is 12.0. The van der Waals surface area contributed by atoms with Gasteiger partial charge in [-0.1, -0.05) is 44.2 Å². The molecule has 2 N–H and O–H groups in total. The second-order valence-corrected chi connectivity index (χ2v) is 5.69. The molecule has 1 aromatic heterocycles. The number of aromatic amines is 1. The number of H-pyrrole nitrogens is 1. The molecule has 25 heavy (non-hydrogen) atoms. The first-order valence-electron chi connectivity index (χ1n) is 8.40. The number of carbonyl (C=O) groups excluding carboxylic acids is 1. The van der Waals surface area contributed by atoms with Crippen molar-refractivity contribution in [3.63, 3.8) is 0 Å². The third kappa shape index (κ3) is 5.15. The number of aromatic nitrogens is 2. The Hall–Kier alpha value is -2.67. The number of benzene rings is 1. The molecule has 0 spiro atoms. The van der Waals surface area contributed by atoms with Gasteiger partial charge in [-0.05, 0) is 18.7 Å². The van der Waals surface area contributed by atoms with Crippen LogP contribution in [0.5, 0.6) is 0 Å². The molecule has 2 rings (SSSR count). The minimum absolute atomic E-state index is 0.0625. The normalized spacial score (nSPS) is 12.1. The van der Waals surface area contributed by atoms with Crippen molar-refractivity contribution in [1.29, 1.82) is 0 Å². The number of nitrogens with one attached hydrogen (secondary N) is 2. The molecule has 0 fully saturated rings. The van der Waals surface area contributed by atoms with Gasteiger partial charge in [-0.2, -0.15) is 0 Å². The molecule has 0 aliphatic heterocycles. The van der Waals surface area contributed by atoms with Gasteiger partial charge in [-0.15, -0.1) is 0 Å². The summed E-state index contributed by atoms with van der Waals surface area (Å²) in [6.07, 6.45) is 1.32. The molecule has 1 amide bonds. The summed E-state index contributed by atoms with van der Waals surface area (Å²) in [5.74, 6) is -0.276. The Morgan fingerprint density at radius 2 is 1.84 bits per heavy atom. The Labute approximate surface area is 146 Å². The first kappa shape index (κ1) is 18.7. The summed E-state index contributed by atoms with van der Waals surface area (Å²) in [6, 6.07) is 11.3. The van der Waals surface area contributed by atoms with E-state index in [1.54, 1.807) is 0 Å². The molecule has 0 bridgehead atoms. The average Bonchev–Trinajstić information content (AvgIpc) is 2.62. The van der Waals surface area contributed by atoms with Crippen LogP contribution in [-0.4, -0.2) is 40.0 Å². The molecule has 0 radical (unpaired) electrons. The van der Waals surface area contributed by atoms with Crippen molar-refractivity contribution in [1.82, 2.24) is 19.8 Å². The second kappa shape index (κ2) is 8.98. The lowest BCUT2D eigenvalue weighted by molar-refractivity contribution is -0.122. The molecule has 2 aromatic rings. The topological polar surface area (TPSA) is 87.2 Å². The highest BCUT2D eigenvalue weighted by Gasteiger charge is 2.18. The van der Waals surface area contributed by atoms with Crippen LogP contribution in [0.4, 0.5) is 0 Å². The van der Waals surface area contributed by atoms with E-state index in [0.29, 0.717) is 6.54 Å². The predicted octanol–water partition coefficient (Wildman–Crippen LogP) is 0.736. The van der Waals surface area contributed by atoms with Crippen LogP contribution in [0, 0.1) is 0 Å². The smallest absolute Gasteiger partial charge is 0.328 e. The molecule has 0 saturated carbocycles. The van der Waals surface area contributed by atoms with E-state index in [-0.39, 0.29) is 18.5 Å². The largest absolute Gasteiger partial charge is 0.353 e. The Bertz CT molecular complexity index is 794. The van der Waals surface area contributed by atoms with Crippen LogP contribution in [0.25, 0.3) is 0 Å². The summed E-state index contributed by atoms with van der Waals surface area (Å²) in [6.45, 7) is 6.22. The Morgan fingerprint density at radius 3 is 2.44 bits per heavy atom. The fourth-order valence-electron chi connectivity index (χ4n) is 2.79. The number of amides is 1. The Balaban J connectivity index is 2.05. The monoisotopic (exact) mass is 344 g/mol. The maximum atomic E-state index is 12.2. The standard InChI is InChI=1S/C18H24N4O3/c1-3-21(4-2)15(14-8-6-5-7-9-14)12-19-17(24)13-22-11-10-16(23)20-18(22)25/h5-11,15H,3-4,12-13H2,1-2H3,(H,19,24)(H,20,23,25). The minimum atomic E-state index is -0.592. The number of hydrogen-bond acceptors (Lipinski definition) is 4. The molecule has 1 atom stereocenters. The van der Waals surface area contributed by atoms with E-state index in [2.05, 4.69) is 29.0 Å².